The summed E-state index contributed by atoms with van der Waals surface area (Å²) in [5, 5.41) is 11.6. The van der Waals surface area contributed by atoms with Gasteiger partial charge >= 0.3 is 0 Å². The van der Waals surface area contributed by atoms with Gasteiger partial charge in [0.05, 0.1) is 0 Å². The molecular formula is C12H17O. The third kappa shape index (κ3) is 2.10. The Balaban J connectivity index is 3.20. The van der Waals surface area contributed by atoms with Crippen molar-refractivity contribution in [1.29, 1.82) is 0 Å². The monoisotopic (exact) mass is 177 g/mol. The molecule has 13 heavy (non-hydrogen) atoms. The second kappa shape index (κ2) is 3.93. The zero-order valence-corrected chi connectivity index (χ0v) is 8.85. The molecule has 1 nitrogen and oxygen atoms in total. The van der Waals surface area contributed by atoms with Gasteiger partial charge in [-0.05, 0) is 43.9 Å². The lowest BCUT2D eigenvalue weighted by Gasteiger charge is -2.13. The van der Waals surface area contributed by atoms with Crippen molar-refractivity contribution in [2.75, 3.05) is 0 Å². The molecule has 0 aliphatic rings. The summed E-state index contributed by atoms with van der Waals surface area (Å²) in [7, 11) is 0. The number of hydrogen-bond acceptors (Lipinski definition) is 0. The predicted octanol–water partition coefficient (Wildman–Crippen LogP) is 3.49. The summed E-state index contributed by atoms with van der Waals surface area (Å²) in [6.07, 6.45) is 0.116. The summed E-state index contributed by atoms with van der Waals surface area (Å²) in [4.78, 5) is 0. The van der Waals surface area contributed by atoms with Gasteiger partial charge in [0.15, 0.2) is 0 Å². The quantitative estimate of drug-likeness (QED) is 0.659. The summed E-state index contributed by atoms with van der Waals surface area (Å²) < 4.78 is 0. The van der Waals surface area contributed by atoms with E-state index in [4.69, 9.17) is 0 Å². The summed E-state index contributed by atoms with van der Waals surface area (Å²) in [5.74, 6) is 0. The fourth-order valence-corrected chi connectivity index (χ4v) is 1.90. The molecule has 1 heteroatoms. The van der Waals surface area contributed by atoms with Crippen molar-refractivity contribution in [3.05, 3.63) is 34.4 Å². The Morgan fingerprint density at radius 1 is 1.15 bits per heavy atom. The fourth-order valence-electron chi connectivity index (χ4n) is 1.90. The Bertz CT molecular complexity index is 279. The Kier molecular flexibility index (Phi) is 3.10. The molecule has 0 aliphatic heterocycles. The highest BCUT2D eigenvalue weighted by Crippen LogP contribution is 2.25. The van der Waals surface area contributed by atoms with Gasteiger partial charge in [0.2, 0.25) is 0 Å². The van der Waals surface area contributed by atoms with Crippen LogP contribution in [0.25, 0.3) is 0 Å². The third-order valence-electron chi connectivity index (χ3n) is 2.43. The van der Waals surface area contributed by atoms with Crippen molar-refractivity contribution >= 4 is 0 Å². The van der Waals surface area contributed by atoms with Crippen LogP contribution >= 0.6 is 0 Å². The molecule has 71 valence electrons. The molecule has 1 aromatic carbocycles. The number of benzene rings is 1. The molecule has 0 aromatic heterocycles. The van der Waals surface area contributed by atoms with E-state index in [1.165, 1.54) is 5.56 Å². The SMILES string of the molecule is CCC([O])c1c(C)cc(C)cc1C. The van der Waals surface area contributed by atoms with E-state index in [1.54, 1.807) is 0 Å². The second-order valence-electron chi connectivity index (χ2n) is 3.71. The van der Waals surface area contributed by atoms with E-state index in [0.717, 1.165) is 16.7 Å². The van der Waals surface area contributed by atoms with E-state index >= 15 is 0 Å². The normalized spacial score (nSPS) is 13.0. The highest BCUT2D eigenvalue weighted by Gasteiger charge is 2.12. The van der Waals surface area contributed by atoms with Crippen LogP contribution in [-0.4, -0.2) is 0 Å². The maximum absolute atomic E-state index is 11.6. The van der Waals surface area contributed by atoms with Crippen LogP contribution in [0.15, 0.2) is 12.1 Å². The molecule has 0 N–H and O–H groups in total. The molecule has 1 aromatic rings. The number of hydrogen-bond donors (Lipinski definition) is 0. The van der Waals surface area contributed by atoms with Gasteiger partial charge in [-0.3, -0.25) is 0 Å². The first kappa shape index (κ1) is 10.3. The molecule has 0 aliphatic carbocycles. The molecule has 1 unspecified atom stereocenters. The van der Waals surface area contributed by atoms with Crippen LogP contribution in [0.5, 0.6) is 0 Å². The van der Waals surface area contributed by atoms with Gasteiger partial charge < -0.3 is 0 Å². The van der Waals surface area contributed by atoms with Crippen molar-refractivity contribution < 1.29 is 5.11 Å². The minimum atomic E-state index is -0.555. The largest absolute Gasteiger partial charge is 0.228 e. The van der Waals surface area contributed by atoms with Crippen LogP contribution in [0.2, 0.25) is 0 Å². The third-order valence-corrected chi connectivity index (χ3v) is 2.43. The summed E-state index contributed by atoms with van der Waals surface area (Å²) in [6, 6.07) is 4.17. The summed E-state index contributed by atoms with van der Waals surface area (Å²) >= 11 is 0. The van der Waals surface area contributed by atoms with Gasteiger partial charge in [0.1, 0.15) is 6.10 Å². The van der Waals surface area contributed by atoms with E-state index in [9.17, 15) is 5.11 Å². The fraction of sp³-hybridized carbons (Fsp3) is 0.500. The first-order valence-electron chi connectivity index (χ1n) is 4.79. The molecule has 1 atom stereocenters. The molecule has 0 spiro atoms. The van der Waals surface area contributed by atoms with Crippen LogP contribution in [0.3, 0.4) is 0 Å². The maximum Gasteiger partial charge on any atom is 0.118 e. The predicted molar refractivity (Wildman–Crippen MR) is 54.4 cm³/mol. The average molecular weight is 177 g/mol. The van der Waals surface area contributed by atoms with Crippen LogP contribution < -0.4 is 0 Å². The van der Waals surface area contributed by atoms with E-state index < -0.39 is 6.10 Å². The second-order valence-corrected chi connectivity index (χ2v) is 3.71. The molecule has 0 heterocycles. The average Bonchev–Trinajstić information content (AvgIpc) is 2.02. The van der Waals surface area contributed by atoms with E-state index in [2.05, 4.69) is 19.1 Å². The minimum absolute atomic E-state index is 0.555. The number of rotatable bonds is 2. The topological polar surface area (TPSA) is 19.9 Å². The lowest BCUT2D eigenvalue weighted by molar-refractivity contribution is 0.0846. The molecular weight excluding hydrogens is 160 g/mol. The van der Waals surface area contributed by atoms with E-state index in [0.29, 0.717) is 6.42 Å². The van der Waals surface area contributed by atoms with Crippen molar-refractivity contribution in [3.63, 3.8) is 0 Å². The van der Waals surface area contributed by atoms with E-state index in [-0.39, 0.29) is 0 Å². The van der Waals surface area contributed by atoms with E-state index in [1.807, 2.05) is 20.8 Å². The molecule has 0 fully saturated rings. The van der Waals surface area contributed by atoms with Gasteiger partial charge in [-0.2, -0.15) is 0 Å². The van der Waals surface area contributed by atoms with Crippen LogP contribution in [0, 0.1) is 20.8 Å². The minimum Gasteiger partial charge on any atom is -0.228 e. The molecule has 1 rings (SSSR count). The maximum atomic E-state index is 11.6. The molecule has 1 radical (unpaired) electrons. The summed E-state index contributed by atoms with van der Waals surface area (Å²) in [5.41, 5.74) is 4.51. The highest BCUT2D eigenvalue weighted by molar-refractivity contribution is 5.38. The number of aryl methyl sites for hydroxylation is 3. The Morgan fingerprint density at radius 2 is 1.62 bits per heavy atom. The van der Waals surface area contributed by atoms with Gasteiger partial charge in [-0.25, -0.2) is 5.11 Å². The van der Waals surface area contributed by atoms with Crippen molar-refractivity contribution in [2.45, 2.75) is 40.2 Å². The first-order chi connectivity index (χ1) is 6.06. The molecule has 0 saturated carbocycles. The van der Waals surface area contributed by atoms with Crippen LogP contribution in [-0.2, 0) is 5.11 Å². The Morgan fingerprint density at radius 3 is 2.00 bits per heavy atom. The lowest BCUT2D eigenvalue weighted by Crippen LogP contribution is -2.00. The lowest BCUT2D eigenvalue weighted by atomic mass is 9.94. The van der Waals surface area contributed by atoms with Crippen LogP contribution in [0.4, 0.5) is 0 Å². The van der Waals surface area contributed by atoms with Crippen molar-refractivity contribution in [1.82, 2.24) is 0 Å². The first-order valence-corrected chi connectivity index (χ1v) is 4.79. The Hall–Kier alpha value is -0.820. The van der Waals surface area contributed by atoms with Gasteiger partial charge in [0, 0.05) is 0 Å². The van der Waals surface area contributed by atoms with Crippen LogP contribution in [0.1, 0.15) is 41.7 Å². The van der Waals surface area contributed by atoms with Gasteiger partial charge in [0.25, 0.3) is 0 Å². The smallest absolute Gasteiger partial charge is 0.118 e. The highest BCUT2D eigenvalue weighted by atomic mass is 16.3. The molecule has 0 saturated heterocycles. The zero-order valence-electron chi connectivity index (χ0n) is 8.85. The molecule has 0 amide bonds. The van der Waals surface area contributed by atoms with Crippen molar-refractivity contribution in [3.8, 4) is 0 Å². The Labute approximate surface area is 80.4 Å². The molecule has 0 bridgehead atoms. The summed E-state index contributed by atoms with van der Waals surface area (Å²) in [6.45, 7) is 8.05. The standard InChI is InChI=1S/C12H17O/c1-5-11(13)12-9(3)6-8(2)7-10(12)4/h6-7,11H,5H2,1-4H3. The van der Waals surface area contributed by atoms with Crippen molar-refractivity contribution in [2.24, 2.45) is 0 Å². The van der Waals surface area contributed by atoms with Gasteiger partial charge in [-0.15, -0.1) is 0 Å². The zero-order chi connectivity index (χ0) is 10.0. The van der Waals surface area contributed by atoms with Gasteiger partial charge in [-0.1, -0.05) is 24.6 Å².